The van der Waals surface area contributed by atoms with Gasteiger partial charge in [-0.05, 0) is 6.42 Å². The lowest BCUT2D eigenvalue weighted by Crippen LogP contribution is -2.55. The highest BCUT2D eigenvalue weighted by molar-refractivity contribution is 6.29. The molecular formula is C10H14ClN5O. The molecule has 1 aliphatic heterocycles. The largest absolute Gasteiger partial charge is 0.368 e. The standard InChI is InChI=1S/C10H14ClN5O/c1-2-6-9(17)13-3-4-16(6)8-5-7(11)14-10(12)15-8/h5-6H,2-4H2,1H3,(H,13,17)(H2,12,14,15). The number of amides is 1. The Balaban J connectivity index is 2.33. The molecule has 1 aromatic rings. The van der Waals surface area contributed by atoms with Crippen LogP contribution in [0.25, 0.3) is 0 Å². The molecule has 0 bridgehead atoms. The number of carbonyl (C=O) groups is 1. The molecule has 7 heteroatoms. The van der Waals surface area contributed by atoms with Crippen molar-refractivity contribution in [2.75, 3.05) is 23.7 Å². The van der Waals surface area contributed by atoms with E-state index in [4.69, 9.17) is 17.3 Å². The monoisotopic (exact) mass is 255 g/mol. The minimum atomic E-state index is -0.228. The van der Waals surface area contributed by atoms with Crippen molar-refractivity contribution in [3.05, 3.63) is 11.2 Å². The number of anilines is 2. The van der Waals surface area contributed by atoms with Gasteiger partial charge in [-0.1, -0.05) is 18.5 Å². The lowest BCUT2D eigenvalue weighted by atomic mass is 10.1. The Labute approximate surface area is 104 Å². The zero-order valence-electron chi connectivity index (χ0n) is 9.48. The van der Waals surface area contributed by atoms with Crippen LogP contribution >= 0.6 is 11.6 Å². The van der Waals surface area contributed by atoms with Gasteiger partial charge in [0.2, 0.25) is 11.9 Å². The lowest BCUT2D eigenvalue weighted by molar-refractivity contribution is -0.123. The van der Waals surface area contributed by atoms with Gasteiger partial charge < -0.3 is 16.0 Å². The molecule has 2 rings (SSSR count). The number of carbonyl (C=O) groups excluding carboxylic acids is 1. The number of nitrogens with zero attached hydrogens (tertiary/aromatic N) is 3. The summed E-state index contributed by atoms with van der Waals surface area (Å²) in [5, 5.41) is 3.11. The van der Waals surface area contributed by atoms with Gasteiger partial charge >= 0.3 is 0 Å². The number of hydrogen-bond acceptors (Lipinski definition) is 5. The minimum Gasteiger partial charge on any atom is -0.368 e. The second-order valence-corrected chi connectivity index (χ2v) is 4.20. The van der Waals surface area contributed by atoms with Crippen molar-refractivity contribution in [3.63, 3.8) is 0 Å². The van der Waals surface area contributed by atoms with E-state index >= 15 is 0 Å². The molecule has 1 amide bonds. The number of hydrogen-bond donors (Lipinski definition) is 2. The van der Waals surface area contributed by atoms with Gasteiger partial charge in [-0.2, -0.15) is 4.98 Å². The number of nitrogens with two attached hydrogens (primary N) is 1. The Morgan fingerprint density at radius 2 is 2.41 bits per heavy atom. The highest BCUT2D eigenvalue weighted by atomic mass is 35.5. The first-order valence-corrected chi connectivity index (χ1v) is 5.84. The van der Waals surface area contributed by atoms with E-state index in [0.29, 0.717) is 25.3 Å². The third-order valence-electron chi connectivity index (χ3n) is 2.71. The van der Waals surface area contributed by atoms with Crippen LogP contribution in [0.15, 0.2) is 6.07 Å². The zero-order chi connectivity index (χ0) is 12.4. The summed E-state index contributed by atoms with van der Waals surface area (Å²) in [6.45, 7) is 3.24. The highest BCUT2D eigenvalue weighted by Crippen LogP contribution is 2.21. The van der Waals surface area contributed by atoms with Crippen LogP contribution in [-0.4, -0.2) is 35.0 Å². The maximum Gasteiger partial charge on any atom is 0.242 e. The highest BCUT2D eigenvalue weighted by Gasteiger charge is 2.29. The molecule has 0 spiro atoms. The second kappa shape index (κ2) is 4.75. The van der Waals surface area contributed by atoms with E-state index in [-0.39, 0.29) is 23.1 Å². The predicted octanol–water partition coefficient (Wildman–Crippen LogP) is 0.427. The molecule has 6 nitrogen and oxygen atoms in total. The Hall–Kier alpha value is -1.56. The molecule has 1 unspecified atom stereocenters. The van der Waals surface area contributed by atoms with Crippen LogP contribution in [-0.2, 0) is 4.79 Å². The molecule has 1 aliphatic rings. The van der Waals surface area contributed by atoms with E-state index in [9.17, 15) is 4.79 Å². The number of rotatable bonds is 2. The quantitative estimate of drug-likeness (QED) is 0.749. The first kappa shape index (κ1) is 11.9. The van der Waals surface area contributed by atoms with Crippen LogP contribution < -0.4 is 16.0 Å². The summed E-state index contributed by atoms with van der Waals surface area (Å²) in [7, 11) is 0. The van der Waals surface area contributed by atoms with Crippen molar-refractivity contribution in [2.24, 2.45) is 0 Å². The summed E-state index contributed by atoms with van der Waals surface area (Å²) in [6, 6.07) is 1.40. The fourth-order valence-electron chi connectivity index (χ4n) is 1.96. The smallest absolute Gasteiger partial charge is 0.242 e. The van der Waals surface area contributed by atoms with E-state index < -0.39 is 0 Å². The average Bonchev–Trinajstić information content (AvgIpc) is 2.27. The molecule has 0 radical (unpaired) electrons. The fraction of sp³-hybridized carbons (Fsp3) is 0.500. The topological polar surface area (TPSA) is 84.1 Å². The first-order valence-electron chi connectivity index (χ1n) is 5.46. The van der Waals surface area contributed by atoms with E-state index in [1.54, 1.807) is 6.07 Å². The Kier molecular flexibility index (Phi) is 3.33. The minimum absolute atomic E-state index is 0.00653. The van der Waals surface area contributed by atoms with Gasteiger partial charge in [0.1, 0.15) is 17.0 Å². The van der Waals surface area contributed by atoms with Gasteiger partial charge in [0.25, 0.3) is 0 Å². The number of nitrogen functional groups attached to an aromatic ring is 1. The summed E-state index contributed by atoms with van der Waals surface area (Å²) >= 11 is 5.84. The Morgan fingerprint density at radius 3 is 3.06 bits per heavy atom. The second-order valence-electron chi connectivity index (χ2n) is 3.82. The molecule has 0 aromatic carbocycles. The first-order chi connectivity index (χ1) is 8.11. The van der Waals surface area contributed by atoms with Crippen LogP contribution in [0.5, 0.6) is 0 Å². The molecule has 1 fully saturated rings. The molecule has 2 heterocycles. The predicted molar refractivity (Wildman–Crippen MR) is 65.9 cm³/mol. The van der Waals surface area contributed by atoms with Crippen LogP contribution in [0.4, 0.5) is 11.8 Å². The van der Waals surface area contributed by atoms with E-state index in [2.05, 4.69) is 15.3 Å². The zero-order valence-corrected chi connectivity index (χ0v) is 10.2. The van der Waals surface area contributed by atoms with Crippen molar-refractivity contribution < 1.29 is 4.79 Å². The molecule has 0 aliphatic carbocycles. The third kappa shape index (κ3) is 2.41. The van der Waals surface area contributed by atoms with E-state index in [1.165, 1.54) is 0 Å². The third-order valence-corrected chi connectivity index (χ3v) is 2.90. The molecule has 17 heavy (non-hydrogen) atoms. The Morgan fingerprint density at radius 1 is 1.65 bits per heavy atom. The van der Waals surface area contributed by atoms with E-state index in [1.807, 2.05) is 11.8 Å². The summed E-state index contributed by atoms with van der Waals surface area (Å²) in [4.78, 5) is 21.5. The van der Waals surface area contributed by atoms with E-state index in [0.717, 1.165) is 0 Å². The SMILES string of the molecule is CCC1C(=O)NCCN1c1cc(Cl)nc(N)n1. The number of halogens is 1. The molecule has 92 valence electrons. The molecular weight excluding hydrogens is 242 g/mol. The molecule has 3 N–H and O–H groups in total. The number of piperazine rings is 1. The summed E-state index contributed by atoms with van der Waals surface area (Å²) in [5.41, 5.74) is 5.55. The van der Waals surface area contributed by atoms with Crippen LogP contribution in [0.3, 0.4) is 0 Å². The normalized spacial score (nSPS) is 20.2. The van der Waals surface area contributed by atoms with Crippen molar-refractivity contribution >= 4 is 29.3 Å². The van der Waals surface area contributed by atoms with Crippen molar-refractivity contribution in [2.45, 2.75) is 19.4 Å². The maximum absolute atomic E-state index is 11.7. The number of nitrogens with one attached hydrogen (secondary N) is 1. The molecule has 1 aromatic heterocycles. The maximum atomic E-state index is 11.7. The molecule has 1 saturated heterocycles. The molecule has 1 atom stereocenters. The van der Waals surface area contributed by atoms with Crippen molar-refractivity contribution in [1.29, 1.82) is 0 Å². The van der Waals surface area contributed by atoms with Crippen LogP contribution in [0.1, 0.15) is 13.3 Å². The van der Waals surface area contributed by atoms with Gasteiger partial charge in [0.05, 0.1) is 0 Å². The number of aromatic nitrogens is 2. The molecule has 0 saturated carbocycles. The van der Waals surface area contributed by atoms with Gasteiger partial charge in [0, 0.05) is 19.2 Å². The summed E-state index contributed by atoms with van der Waals surface area (Å²) in [6.07, 6.45) is 0.702. The van der Waals surface area contributed by atoms with Gasteiger partial charge in [-0.25, -0.2) is 4.98 Å². The van der Waals surface area contributed by atoms with Gasteiger partial charge in [0.15, 0.2) is 0 Å². The van der Waals surface area contributed by atoms with Crippen LogP contribution in [0, 0.1) is 0 Å². The van der Waals surface area contributed by atoms with Gasteiger partial charge in [-0.3, -0.25) is 4.79 Å². The fourth-order valence-corrected chi connectivity index (χ4v) is 2.15. The van der Waals surface area contributed by atoms with Crippen molar-refractivity contribution in [3.8, 4) is 0 Å². The average molecular weight is 256 g/mol. The summed E-state index contributed by atoms with van der Waals surface area (Å²) in [5.74, 6) is 0.726. The lowest BCUT2D eigenvalue weighted by Gasteiger charge is -2.35. The van der Waals surface area contributed by atoms with Gasteiger partial charge in [-0.15, -0.1) is 0 Å². The Bertz CT molecular complexity index is 418. The van der Waals surface area contributed by atoms with Crippen molar-refractivity contribution in [1.82, 2.24) is 15.3 Å². The summed E-state index contributed by atoms with van der Waals surface area (Å²) < 4.78 is 0. The van der Waals surface area contributed by atoms with Crippen LogP contribution in [0.2, 0.25) is 5.15 Å².